The summed E-state index contributed by atoms with van der Waals surface area (Å²) in [5, 5.41) is 19.6. The standard InChI is InChI=1S/C28H30N4O4/c1-18-6-4-7-22(24-8-5-9-25(30-24)31-27(35-3)23(15-29)28(33)34)26(18)36-17-19-10-11-21-16-32(2)13-12-20(21)14-19/h4-11,14-15,29H,12-13,16-17H2,1-3H3,(H,30,31)(H,33,34)/b27-23-,29-15?. The highest BCUT2D eigenvalue weighted by Crippen LogP contribution is 2.33. The van der Waals surface area contributed by atoms with E-state index in [0.29, 0.717) is 18.1 Å². The van der Waals surface area contributed by atoms with E-state index in [0.717, 1.165) is 48.2 Å². The number of likely N-dealkylation sites (N-methyl/N-ethyl adjacent to an activating group) is 1. The molecular formula is C28H30N4O4. The van der Waals surface area contributed by atoms with Crippen molar-refractivity contribution in [3.05, 3.63) is 88.3 Å². The van der Waals surface area contributed by atoms with Crippen LogP contribution in [0.3, 0.4) is 0 Å². The molecule has 3 aromatic rings. The summed E-state index contributed by atoms with van der Waals surface area (Å²) in [5.74, 6) is -0.208. The predicted molar refractivity (Wildman–Crippen MR) is 139 cm³/mol. The molecule has 0 amide bonds. The van der Waals surface area contributed by atoms with Crippen molar-refractivity contribution < 1.29 is 19.4 Å². The van der Waals surface area contributed by atoms with Gasteiger partial charge in [0.2, 0.25) is 5.88 Å². The molecule has 0 aliphatic carbocycles. The molecule has 0 radical (unpaired) electrons. The summed E-state index contributed by atoms with van der Waals surface area (Å²) in [6, 6.07) is 17.8. The Morgan fingerprint density at radius 1 is 1.19 bits per heavy atom. The van der Waals surface area contributed by atoms with Gasteiger partial charge in [-0.05, 0) is 60.8 Å². The first kappa shape index (κ1) is 24.9. The largest absolute Gasteiger partial charge is 0.488 e. The average molecular weight is 487 g/mol. The minimum Gasteiger partial charge on any atom is -0.488 e. The van der Waals surface area contributed by atoms with Crippen molar-refractivity contribution in [1.82, 2.24) is 9.88 Å². The Morgan fingerprint density at radius 3 is 2.75 bits per heavy atom. The number of aliphatic carboxylic acids is 1. The highest BCUT2D eigenvalue weighted by atomic mass is 16.5. The van der Waals surface area contributed by atoms with Crippen LogP contribution in [0.5, 0.6) is 5.75 Å². The maximum absolute atomic E-state index is 11.4. The van der Waals surface area contributed by atoms with Crippen molar-refractivity contribution in [1.29, 1.82) is 5.41 Å². The van der Waals surface area contributed by atoms with Gasteiger partial charge < -0.3 is 30.2 Å². The van der Waals surface area contributed by atoms with Crippen LogP contribution < -0.4 is 10.1 Å². The van der Waals surface area contributed by atoms with E-state index in [4.69, 9.17) is 14.9 Å². The molecule has 0 saturated heterocycles. The maximum atomic E-state index is 11.4. The third kappa shape index (κ3) is 5.55. The maximum Gasteiger partial charge on any atom is 0.342 e. The van der Waals surface area contributed by atoms with Gasteiger partial charge in [0.05, 0.1) is 12.8 Å². The van der Waals surface area contributed by atoms with Crippen molar-refractivity contribution in [2.24, 2.45) is 0 Å². The molecule has 0 fully saturated rings. The van der Waals surface area contributed by atoms with Crippen LogP contribution >= 0.6 is 0 Å². The van der Waals surface area contributed by atoms with Gasteiger partial charge >= 0.3 is 5.97 Å². The summed E-state index contributed by atoms with van der Waals surface area (Å²) in [5.41, 5.74) is 6.05. The zero-order chi connectivity index (χ0) is 25.7. The Balaban J connectivity index is 1.59. The highest BCUT2D eigenvalue weighted by molar-refractivity contribution is 6.08. The number of pyridine rings is 1. The number of anilines is 1. The topological polar surface area (TPSA) is 108 Å². The molecule has 36 heavy (non-hydrogen) atoms. The number of ether oxygens (including phenoxy) is 2. The SMILES string of the molecule is CO/C(Nc1cccc(-c2cccc(C)c2OCc2ccc3c(c2)CCN(C)C3)n1)=C(/C=N)C(=O)O. The Labute approximate surface area is 210 Å². The van der Waals surface area contributed by atoms with Crippen molar-refractivity contribution in [2.45, 2.75) is 26.5 Å². The zero-order valence-corrected chi connectivity index (χ0v) is 20.7. The summed E-state index contributed by atoms with van der Waals surface area (Å²) in [4.78, 5) is 18.4. The van der Waals surface area contributed by atoms with Crippen molar-refractivity contribution in [3.8, 4) is 17.0 Å². The van der Waals surface area contributed by atoms with E-state index in [1.54, 1.807) is 6.07 Å². The number of carbonyl (C=O) groups is 1. The molecule has 186 valence electrons. The van der Waals surface area contributed by atoms with E-state index in [9.17, 15) is 9.90 Å². The van der Waals surface area contributed by atoms with Crippen LogP contribution in [0.15, 0.2) is 66.1 Å². The molecule has 2 aromatic carbocycles. The lowest BCUT2D eigenvalue weighted by Crippen LogP contribution is -2.26. The van der Waals surface area contributed by atoms with E-state index in [-0.39, 0.29) is 11.5 Å². The first-order valence-corrected chi connectivity index (χ1v) is 11.7. The fourth-order valence-electron chi connectivity index (χ4n) is 4.26. The smallest absolute Gasteiger partial charge is 0.342 e. The minimum atomic E-state index is -1.27. The van der Waals surface area contributed by atoms with Gasteiger partial charge in [0.15, 0.2) is 0 Å². The lowest BCUT2D eigenvalue weighted by atomic mass is 9.98. The number of carboxylic acids is 1. The first-order chi connectivity index (χ1) is 17.4. The molecule has 0 unspecified atom stereocenters. The van der Waals surface area contributed by atoms with Gasteiger partial charge in [-0.1, -0.05) is 36.4 Å². The van der Waals surface area contributed by atoms with Gasteiger partial charge in [-0.3, -0.25) is 0 Å². The van der Waals surface area contributed by atoms with Crippen molar-refractivity contribution in [3.63, 3.8) is 0 Å². The normalized spacial score (nSPS) is 13.9. The van der Waals surface area contributed by atoms with Crippen LogP contribution in [0.2, 0.25) is 0 Å². The second-order valence-electron chi connectivity index (χ2n) is 8.76. The van der Waals surface area contributed by atoms with Crippen LogP contribution in [0.1, 0.15) is 22.3 Å². The Bertz CT molecular complexity index is 1320. The molecule has 0 saturated carbocycles. The number of nitrogens with one attached hydrogen (secondary N) is 2. The van der Waals surface area contributed by atoms with E-state index in [1.807, 2.05) is 37.3 Å². The molecule has 1 aliphatic rings. The van der Waals surface area contributed by atoms with Gasteiger partial charge in [0, 0.05) is 24.9 Å². The second kappa shape index (κ2) is 11.0. The average Bonchev–Trinajstić information content (AvgIpc) is 2.87. The molecule has 8 heteroatoms. The van der Waals surface area contributed by atoms with E-state index >= 15 is 0 Å². The Kier molecular flexibility index (Phi) is 7.65. The van der Waals surface area contributed by atoms with Gasteiger partial charge in [0.25, 0.3) is 0 Å². The summed E-state index contributed by atoms with van der Waals surface area (Å²) in [7, 11) is 3.48. The lowest BCUT2D eigenvalue weighted by molar-refractivity contribution is -0.132. The minimum absolute atomic E-state index is 0.0681. The molecule has 3 N–H and O–H groups in total. The number of para-hydroxylation sites is 1. The molecule has 0 atom stereocenters. The van der Waals surface area contributed by atoms with Crippen LogP contribution in [-0.2, 0) is 29.1 Å². The number of carboxylic acid groups (broad SMARTS) is 1. The summed E-state index contributed by atoms with van der Waals surface area (Å²) in [6.07, 6.45) is 1.77. The molecule has 2 heterocycles. The quantitative estimate of drug-likeness (QED) is 0.230. The van der Waals surface area contributed by atoms with Crippen LogP contribution in [0.25, 0.3) is 11.3 Å². The van der Waals surface area contributed by atoms with Crippen LogP contribution in [0.4, 0.5) is 5.82 Å². The number of aromatic nitrogens is 1. The number of hydrogen-bond donors (Lipinski definition) is 3. The number of fused-ring (bicyclic) bond motifs is 1. The molecular weight excluding hydrogens is 456 g/mol. The monoisotopic (exact) mass is 486 g/mol. The number of rotatable bonds is 9. The van der Waals surface area contributed by atoms with Gasteiger partial charge in [-0.25, -0.2) is 9.78 Å². The molecule has 1 aromatic heterocycles. The summed E-state index contributed by atoms with van der Waals surface area (Å²) < 4.78 is 11.5. The Hall–Kier alpha value is -4.17. The zero-order valence-electron chi connectivity index (χ0n) is 20.7. The van der Waals surface area contributed by atoms with Crippen LogP contribution in [-0.4, -0.2) is 47.9 Å². The molecule has 8 nitrogen and oxygen atoms in total. The van der Waals surface area contributed by atoms with Gasteiger partial charge in [0.1, 0.15) is 23.7 Å². The van der Waals surface area contributed by atoms with Crippen molar-refractivity contribution >= 4 is 18.0 Å². The van der Waals surface area contributed by atoms with E-state index < -0.39 is 5.97 Å². The Morgan fingerprint density at radius 2 is 2.00 bits per heavy atom. The number of methoxy groups -OCH3 is 1. The fraction of sp³-hybridized carbons (Fsp3) is 0.250. The fourth-order valence-corrected chi connectivity index (χ4v) is 4.26. The third-order valence-corrected chi connectivity index (χ3v) is 6.16. The molecule has 0 bridgehead atoms. The number of benzene rings is 2. The van der Waals surface area contributed by atoms with Crippen LogP contribution in [0, 0.1) is 12.3 Å². The lowest BCUT2D eigenvalue weighted by Gasteiger charge is -2.25. The number of hydrogen-bond acceptors (Lipinski definition) is 7. The molecule has 0 spiro atoms. The van der Waals surface area contributed by atoms with E-state index in [2.05, 4.69) is 40.4 Å². The highest BCUT2D eigenvalue weighted by Gasteiger charge is 2.17. The third-order valence-electron chi connectivity index (χ3n) is 6.16. The molecule has 4 rings (SSSR count). The van der Waals surface area contributed by atoms with E-state index in [1.165, 1.54) is 18.2 Å². The molecule has 1 aliphatic heterocycles. The predicted octanol–water partition coefficient (Wildman–Crippen LogP) is 4.63. The van der Waals surface area contributed by atoms with Gasteiger partial charge in [-0.2, -0.15) is 0 Å². The van der Waals surface area contributed by atoms with Crippen molar-refractivity contribution in [2.75, 3.05) is 26.0 Å². The number of nitrogens with zero attached hydrogens (tertiary/aromatic N) is 2. The van der Waals surface area contributed by atoms with Gasteiger partial charge in [-0.15, -0.1) is 0 Å². The summed E-state index contributed by atoms with van der Waals surface area (Å²) in [6.45, 7) is 4.47. The first-order valence-electron chi connectivity index (χ1n) is 11.7. The number of aryl methyl sites for hydroxylation is 1. The summed E-state index contributed by atoms with van der Waals surface area (Å²) >= 11 is 0. The second-order valence-corrected chi connectivity index (χ2v) is 8.76.